The number of aromatic nitrogens is 3. The lowest BCUT2D eigenvalue weighted by Crippen LogP contribution is -2.19. The number of rotatable bonds is 7. The molecule has 0 aliphatic carbocycles. The SMILES string of the molecule is CCCC[C@@H](Sc1nnc(CN)n1C)C(=O)OC. The number of esters is 1. The third-order valence-corrected chi connectivity index (χ3v) is 3.92. The van der Waals surface area contributed by atoms with Gasteiger partial charge in [0.2, 0.25) is 0 Å². The molecule has 0 aliphatic rings. The molecule has 0 unspecified atom stereocenters. The number of nitrogens with two attached hydrogens (primary N) is 1. The molecule has 0 aromatic carbocycles. The Labute approximate surface area is 111 Å². The van der Waals surface area contributed by atoms with Crippen LogP contribution in [0.5, 0.6) is 0 Å². The van der Waals surface area contributed by atoms with E-state index in [2.05, 4.69) is 17.1 Å². The Morgan fingerprint density at radius 2 is 2.28 bits per heavy atom. The standard InChI is InChI=1S/C11H20N4O2S/c1-4-5-6-8(10(16)17-3)18-11-14-13-9(7-12)15(11)2/h8H,4-7,12H2,1-3H3/t8-/m1/s1. The van der Waals surface area contributed by atoms with Gasteiger partial charge in [-0.1, -0.05) is 31.5 Å². The van der Waals surface area contributed by atoms with Crippen LogP contribution in [0.2, 0.25) is 0 Å². The normalized spacial score (nSPS) is 12.4. The van der Waals surface area contributed by atoms with Crippen molar-refractivity contribution in [2.45, 2.75) is 43.1 Å². The number of ether oxygens (including phenoxy) is 1. The van der Waals surface area contributed by atoms with E-state index >= 15 is 0 Å². The zero-order chi connectivity index (χ0) is 13.5. The zero-order valence-electron chi connectivity index (χ0n) is 11.0. The molecule has 1 aromatic rings. The molecule has 0 saturated carbocycles. The Morgan fingerprint density at radius 1 is 1.56 bits per heavy atom. The van der Waals surface area contributed by atoms with Crippen molar-refractivity contribution in [3.63, 3.8) is 0 Å². The van der Waals surface area contributed by atoms with E-state index in [1.54, 1.807) is 0 Å². The van der Waals surface area contributed by atoms with Crippen molar-refractivity contribution in [3.05, 3.63) is 5.82 Å². The van der Waals surface area contributed by atoms with Crippen molar-refractivity contribution in [2.75, 3.05) is 7.11 Å². The predicted octanol–water partition coefficient (Wildman–Crippen LogP) is 1.10. The third kappa shape index (κ3) is 3.71. The van der Waals surface area contributed by atoms with E-state index in [0.29, 0.717) is 17.5 Å². The van der Waals surface area contributed by atoms with Crippen LogP contribution in [-0.2, 0) is 23.1 Å². The van der Waals surface area contributed by atoms with E-state index in [1.165, 1.54) is 18.9 Å². The molecular formula is C11H20N4O2S. The molecule has 1 rings (SSSR count). The van der Waals surface area contributed by atoms with Gasteiger partial charge in [0.15, 0.2) is 5.16 Å². The van der Waals surface area contributed by atoms with Crippen LogP contribution in [0.4, 0.5) is 0 Å². The van der Waals surface area contributed by atoms with E-state index in [9.17, 15) is 4.79 Å². The maximum atomic E-state index is 11.7. The lowest BCUT2D eigenvalue weighted by atomic mass is 10.2. The molecule has 1 atom stereocenters. The highest BCUT2D eigenvalue weighted by Crippen LogP contribution is 2.26. The highest BCUT2D eigenvalue weighted by molar-refractivity contribution is 8.00. The summed E-state index contributed by atoms with van der Waals surface area (Å²) in [6.07, 6.45) is 2.80. The molecule has 0 bridgehead atoms. The van der Waals surface area contributed by atoms with Crippen LogP contribution in [0.3, 0.4) is 0 Å². The average Bonchev–Trinajstić information content (AvgIpc) is 2.74. The van der Waals surface area contributed by atoms with E-state index < -0.39 is 0 Å². The van der Waals surface area contributed by atoms with Gasteiger partial charge in [-0.05, 0) is 6.42 Å². The van der Waals surface area contributed by atoms with Gasteiger partial charge in [-0.3, -0.25) is 4.79 Å². The first-order chi connectivity index (χ1) is 8.63. The number of carbonyl (C=O) groups is 1. The molecule has 1 aromatic heterocycles. The molecule has 0 radical (unpaired) electrons. The molecule has 0 spiro atoms. The van der Waals surface area contributed by atoms with Crippen molar-refractivity contribution >= 4 is 17.7 Å². The molecule has 0 aliphatic heterocycles. The second-order valence-corrected chi connectivity index (χ2v) is 5.10. The largest absolute Gasteiger partial charge is 0.468 e. The maximum absolute atomic E-state index is 11.7. The summed E-state index contributed by atoms with van der Waals surface area (Å²) >= 11 is 1.38. The van der Waals surface area contributed by atoms with E-state index in [1.807, 2.05) is 11.6 Å². The van der Waals surface area contributed by atoms with Crippen LogP contribution in [0.25, 0.3) is 0 Å². The fourth-order valence-corrected chi connectivity index (χ4v) is 2.58. The zero-order valence-corrected chi connectivity index (χ0v) is 11.9. The predicted molar refractivity (Wildman–Crippen MR) is 70.1 cm³/mol. The van der Waals surface area contributed by atoms with E-state index in [0.717, 1.165) is 19.3 Å². The Balaban J connectivity index is 2.75. The fourth-order valence-electron chi connectivity index (χ4n) is 1.50. The molecular weight excluding hydrogens is 252 g/mol. The van der Waals surface area contributed by atoms with Crippen LogP contribution >= 0.6 is 11.8 Å². The van der Waals surface area contributed by atoms with Gasteiger partial charge in [0, 0.05) is 7.05 Å². The minimum absolute atomic E-state index is 0.217. The second-order valence-electron chi connectivity index (χ2n) is 3.93. The van der Waals surface area contributed by atoms with Gasteiger partial charge in [-0.15, -0.1) is 10.2 Å². The minimum atomic E-state index is -0.233. The molecule has 0 saturated heterocycles. The number of thioether (sulfide) groups is 1. The number of methoxy groups -OCH3 is 1. The van der Waals surface area contributed by atoms with Gasteiger partial charge in [0.05, 0.1) is 13.7 Å². The van der Waals surface area contributed by atoms with Crippen molar-refractivity contribution in [3.8, 4) is 0 Å². The number of hydrogen-bond acceptors (Lipinski definition) is 6. The second kappa shape index (κ2) is 7.38. The molecule has 0 amide bonds. The van der Waals surface area contributed by atoms with Crippen molar-refractivity contribution in [1.82, 2.24) is 14.8 Å². The fraction of sp³-hybridized carbons (Fsp3) is 0.727. The van der Waals surface area contributed by atoms with E-state index in [-0.39, 0.29) is 11.2 Å². The van der Waals surface area contributed by atoms with Crippen molar-refractivity contribution in [1.29, 1.82) is 0 Å². The summed E-state index contributed by atoms with van der Waals surface area (Å²) in [5, 5.41) is 8.47. The highest BCUT2D eigenvalue weighted by atomic mass is 32.2. The number of unbranched alkanes of at least 4 members (excludes halogenated alkanes) is 1. The Hall–Kier alpha value is -1.08. The summed E-state index contributed by atoms with van der Waals surface area (Å²) in [6.45, 7) is 2.43. The quantitative estimate of drug-likeness (QED) is 0.591. The van der Waals surface area contributed by atoms with Crippen LogP contribution < -0.4 is 5.73 Å². The van der Waals surface area contributed by atoms with Gasteiger partial charge < -0.3 is 15.0 Å². The van der Waals surface area contributed by atoms with Crippen LogP contribution in [0, 0.1) is 0 Å². The summed E-state index contributed by atoms with van der Waals surface area (Å²) < 4.78 is 6.62. The molecule has 6 nitrogen and oxygen atoms in total. The summed E-state index contributed by atoms with van der Waals surface area (Å²) in [6, 6.07) is 0. The Morgan fingerprint density at radius 3 is 2.78 bits per heavy atom. The minimum Gasteiger partial charge on any atom is -0.468 e. The molecule has 18 heavy (non-hydrogen) atoms. The molecule has 1 heterocycles. The summed E-state index contributed by atoms with van der Waals surface area (Å²) in [7, 11) is 3.25. The lowest BCUT2D eigenvalue weighted by Gasteiger charge is -2.13. The van der Waals surface area contributed by atoms with Gasteiger partial charge in [0.1, 0.15) is 11.1 Å². The summed E-state index contributed by atoms with van der Waals surface area (Å²) in [4.78, 5) is 11.7. The van der Waals surface area contributed by atoms with Crippen LogP contribution in [0.1, 0.15) is 32.0 Å². The smallest absolute Gasteiger partial charge is 0.319 e. The number of nitrogens with zero attached hydrogens (tertiary/aromatic N) is 3. The average molecular weight is 272 g/mol. The van der Waals surface area contributed by atoms with Gasteiger partial charge in [-0.2, -0.15) is 0 Å². The molecule has 0 fully saturated rings. The number of carbonyl (C=O) groups excluding carboxylic acids is 1. The first-order valence-electron chi connectivity index (χ1n) is 5.96. The lowest BCUT2D eigenvalue weighted by molar-refractivity contribution is -0.140. The first kappa shape index (κ1) is 15.0. The first-order valence-corrected chi connectivity index (χ1v) is 6.84. The van der Waals surface area contributed by atoms with Crippen molar-refractivity contribution < 1.29 is 9.53 Å². The number of hydrogen-bond donors (Lipinski definition) is 1. The van der Waals surface area contributed by atoms with Crippen molar-refractivity contribution in [2.24, 2.45) is 12.8 Å². The van der Waals surface area contributed by atoms with E-state index in [4.69, 9.17) is 10.5 Å². The topological polar surface area (TPSA) is 83.0 Å². The van der Waals surface area contributed by atoms with Crippen LogP contribution in [-0.4, -0.2) is 33.1 Å². The van der Waals surface area contributed by atoms with Gasteiger partial charge >= 0.3 is 5.97 Å². The monoisotopic (exact) mass is 272 g/mol. The Kier molecular flexibility index (Phi) is 6.14. The summed E-state index contributed by atoms with van der Waals surface area (Å²) in [5.41, 5.74) is 5.54. The molecule has 7 heteroatoms. The van der Waals surface area contributed by atoms with Crippen LogP contribution in [0.15, 0.2) is 5.16 Å². The summed E-state index contributed by atoms with van der Waals surface area (Å²) in [5.74, 6) is 0.488. The molecule has 102 valence electrons. The Bertz CT molecular complexity index is 394. The highest BCUT2D eigenvalue weighted by Gasteiger charge is 2.23. The maximum Gasteiger partial charge on any atom is 0.319 e. The third-order valence-electron chi connectivity index (χ3n) is 2.64. The van der Waals surface area contributed by atoms with Gasteiger partial charge in [0.25, 0.3) is 0 Å². The van der Waals surface area contributed by atoms with Gasteiger partial charge in [-0.25, -0.2) is 0 Å². The molecule has 2 N–H and O–H groups in total.